The van der Waals surface area contributed by atoms with E-state index in [1.165, 1.54) is 36.4 Å². The van der Waals surface area contributed by atoms with Crippen molar-refractivity contribution in [3.05, 3.63) is 94.1 Å². The first kappa shape index (κ1) is 26.4. The standard InChI is InChI=1S/C28H24ClN3O6/c1-3-14-37-28(36)19-6-4-5-7-21(19)32-25(33)23(29)24(26(32)34)31-18-11-9-17(10-12-18)27(35)38-22-13-8-16(2)15-20(22)30/h4-13,15,31H,3,14,30H2,1-2H3. The Morgan fingerprint density at radius 2 is 1.68 bits per heavy atom. The predicted octanol–water partition coefficient (Wildman–Crippen LogP) is 4.80. The third-order valence-corrected chi connectivity index (χ3v) is 5.94. The molecule has 2 amide bonds. The van der Waals surface area contributed by atoms with Gasteiger partial charge in [-0.3, -0.25) is 9.59 Å². The van der Waals surface area contributed by atoms with Gasteiger partial charge in [0, 0.05) is 5.69 Å². The molecule has 0 saturated carbocycles. The summed E-state index contributed by atoms with van der Waals surface area (Å²) >= 11 is 6.23. The quantitative estimate of drug-likeness (QED) is 0.183. The maximum atomic E-state index is 13.2. The number of carbonyl (C=O) groups excluding carboxylic acids is 4. The lowest BCUT2D eigenvalue weighted by Crippen LogP contribution is -2.33. The van der Waals surface area contributed by atoms with Crippen LogP contribution in [0, 0.1) is 6.92 Å². The number of hydrogen-bond donors (Lipinski definition) is 2. The summed E-state index contributed by atoms with van der Waals surface area (Å²) in [5.74, 6) is -2.56. The number of hydrogen-bond acceptors (Lipinski definition) is 8. The van der Waals surface area contributed by atoms with Gasteiger partial charge in [0.15, 0.2) is 5.75 Å². The van der Waals surface area contributed by atoms with Crippen LogP contribution in [0.15, 0.2) is 77.5 Å². The summed E-state index contributed by atoms with van der Waals surface area (Å²) in [7, 11) is 0. The predicted molar refractivity (Wildman–Crippen MR) is 143 cm³/mol. The van der Waals surface area contributed by atoms with E-state index < -0.39 is 23.8 Å². The van der Waals surface area contributed by atoms with Crippen LogP contribution < -0.4 is 20.7 Å². The Bertz CT molecular complexity index is 1470. The lowest BCUT2D eigenvalue weighted by molar-refractivity contribution is -0.120. The lowest BCUT2D eigenvalue weighted by atomic mass is 10.1. The molecule has 1 aliphatic heterocycles. The van der Waals surface area contributed by atoms with Crippen molar-refractivity contribution in [1.82, 2.24) is 0 Å². The largest absolute Gasteiger partial charge is 0.462 e. The molecule has 0 spiro atoms. The molecule has 9 nitrogen and oxygen atoms in total. The second-order valence-corrected chi connectivity index (χ2v) is 8.80. The monoisotopic (exact) mass is 533 g/mol. The molecule has 0 saturated heterocycles. The Kier molecular flexibility index (Phi) is 7.78. The number of nitrogens with two attached hydrogens (primary N) is 1. The third-order valence-electron chi connectivity index (χ3n) is 5.59. The van der Waals surface area contributed by atoms with Crippen LogP contribution >= 0.6 is 11.6 Å². The fraction of sp³-hybridized carbons (Fsp3) is 0.143. The van der Waals surface area contributed by atoms with Crippen molar-refractivity contribution < 1.29 is 28.7 Å². The van der Waals surface area contributed by atoms with Crippen LogP contribution in [0.25, 0.3) is 0 Å². The molecule has 0 unspecified atom stereocenters. The third kappa shape index (κ3) is 5.37. The topological polar surface area (TPSA) is 128 Å². The zero-order valence-corrected chi connectivity index (χ0v) is 21.4. The van der Waals surface area contributed by atoms with E-state index in [0.717, 1.165) is 10.5 Å². The van der Waals surface area contributed by atoms with Crippen molar-refractivity contribution >= 4 is 52.4 Å². The van der Waals surface area contributed by atoms with Crippen molar-refractivity contribution in [2.24, 2.45) is 0 Å². The first-order valence-corrected chi connectivity index (χ1v) is 12.1. The molecule has 0 fully saturated rings. The summed E-state index contributed by atoms with van der Waals surface area (Å²) in [6.45, 7) is 3.92. The van der Waals surface area contributed by atoms with E-state index in [0.29, 0.717) is 17.8 Å². The molecule has 3 N–H and O–H groups in total. The number of nitrogen functional groups attached to an aromatic ring is 1. The molecule has 0 bridgehead atoms. The smallest absolute Gasteiger partial charge is 0.343 e. The van der Waals surface area contributed by atoms with Gasteiger partial charge in [-0.15, -0.1) is 0 Å². The highest BCUT2D eigenvalue weighted by Crippen LogP contribution is 2.32. The van der Waals surface area contributed by atoms with Gasteiger partial charge in [-0.1, -0.05) is 36.7 Å². The average Bonchev–Trinajstić information content (AvgIpc) is 3.12. The number of nitrogens with zero attached hydrogens (tertiary/aromatic N) is 1. The molecule has 1 aliphatic rings. The van der Waals surface area contributed by atoms with Crippen molar-refractivity contribution in [3.8, 4) is 5.75 Å². The molecule has 194 valence electrons. The second kappa shape index (κ2) is 11.2. The first-order valence-electron chi connectivity index (χ1n) is 11.7. The first-order chi connectivity index (χ1) is 18.2. The summed E-state index contributed by atoms with van der Waals surface area (Å²) < 4.78 is 10.5. The van der Waals surface area contributed by atoms with Crippen LogP contribution in [0.1, 0.15) is 39.6 Å². The van der Waals surface area contributed by atoms with Gasteiger partial charge in [0.2, 0.25) is 0 Å². The number of imide groups is 1. The number of aryl methyl sites for hydroxylation is 1. The Morgan fingerprint density at radius 1 is 0.974 bits per heavy atom. The highest BCUT2D eigenvalue weighted by Gasteiger charge is 2.40. The molecule has 1 heterocycles. The zero-order chi connectivity index (χ0) is 27.4. The fourth-order valence-corrected chi connectivity index (χ4v) is 3.91. The van der Waals surface area contributed by atoms with E-state index in [1.807, 2.05) is 13.8 Å². The number of anilines is 3. The molecule has 0 radical (unpaired) electrons. The number of benzene rings is 3. The summed E-state index contributed by atoms with van der Waals surface area (Å²) in [4.78, 5) is 52.0. The number of amides is 2. The number of esters is 2. The van der Waals surface area contributed by atoms with E-state index >= 15 is 0 Å². The minimum Gasteiger partial charge on any atom is -0.462 e. The molecule has 3 aromatic rings. The summed E-state index contributed by atoms with van der Waals surface area (Å²) in [5, 5.41) is 2.49. The van der Waals surface area contributed by atoms with Crippen LogP contribution in [-0.2, 0) is 14.3 Å². The number of ether oxygens (including phenoxy) is 2. The van der Waals surface area contributed by atoms with Gasteiger partial charge < -0.3 is 20.5 Å². The Hall–Kier alpha value is -4.63. The van der Waals surface area contributed by atoms with Crippen molar-refractivity contribution in [2.45, 2.75) is 20.3 Å². The summed E-state index contributed by atoms with van der Waals surface area (Å²) in [6, 6.07) is 17.3. The fourth-order valence-electron chi connectivity index (χ4n) is 3.70. The van der Waals surface area contributed by atoms with E-state index in [4.69, 9.17) is 26.8 Å². The number of nitrogens with one attached hydrogen (secondary N) is 1. The number of halogens is 1. The number of rotatable bonds is 8. The SMILES string of the molecule is CCCOC(=O)c1ccccc1N1C(=O)C(Cl)=C(Nc2ccc(C(=O)Oc3ccc(C)cc3N)cc2)C1=O. The van der Waals surface area contributed by atoms with Crippen molar-refractivity contribution in [2.75, 3.05) is 22.6 Å². The van der Waals surface area contributed by atoms with Crippen LogP contribution in [-0.4, -0.2) is 30.4 Å². The highest BCUT2D eigenvalue weighted by atomic mass is 35.5. The van der Waals surface area contributed by atoms with E-state index in [1.54, 1.807) is 30.3 Å². The maximum Gasteiger partial charge on any atom is 0.343 e. The molecular weight excluding hydrogens is 510 g/mol. The van der Waals surface area contributed by atoms with Gasteiger partial charge in [0.05, 0.1) is 29.1 Å². The van der Waals surface area contributed by atoms with Crippen LogP contribution in [0.5, 0.6) is 5.75 Å². The summed E-state index contributed by atoms with van der Waals surface area (Å²) in [6.07, 6.45) is 0.619. The lowest BCUT2D eigenvalue weighted by Gasteiger charge is -2.18. The molecule has 3 aromatic carbocycles. The second-order valence-electron chi connectivity index (χ2n) is 8.42. The van der Waals surface area contributed by atoms with Gasteiger partial charge in [-0.25, -0.2) is 14.5 Å². The molecule has 10 heteroatoms. The Balaban J connectivity index is 1.50. The molecule has 38 heavy (non-hydrogen) atoms. The van der Waals surface area contributed by atoms with Gasteiger partial charge in [0.25, 0.3) is 11.8 Å². The minimum absolute atomic E-state index is 0.0606. The van der Waals surface area contributed by atoms with Gasteiger partial charge in [-0.05, 0) is 67.4 Å². The van der Waals surface area contributed by atoms with Crippen LogP contribution in [0.4, 0.5) is 17.1 Å². The Labute approximate surface area is 223 Å². The zero-order valence-electron chi connectivity index (χ0n) is 20.6. The number of para-hydroxylation sites is 1. The van der Waals surface area contributed by atoms with Gasteiger partial charge in [0.1, 0.15) is 10.7 Å². The van der Waals surface area contributed by atoms with Crippen LogP contribution in [0.2, 0.25) is 0 Å². The number of carbonyl (C=O) groups is 4. The molecular formula is C28H24ClN3O6. The molecule has 0 aliphatic carbocycles. The molecule has 0 aromatic heterocycles. The summed E-state index contributed by atoms with van der Waals surface area (Å²) in [5.41, 5.74) is 7.77. The van der Waals surface area contributed by atoms with Crippen molar-refractivity contribution in [3.63, 3.8) is 0 Å². The average molecular weight is 534 g/mol. The van der Waals surface area contributed by atoms with Gasteiger partial charge >= 0.3 is 11.9 Å². The van der Waals surface area contributed by atoms with Crippen LogP contribution in [0.3, 0.4) is 0 Å². The molecule has 0 atom stereocenters. The van der Waals surface area contributed by atoms with E-state index in [9.17, 15) is 19.2 Å². The van der Waals surface area contributed by atoms with E-state index in [2.05, 4.69) is 5.32 Å². The molecule has 4 rings (SSSR count). The normalized spacial score (nSPS) is 13.1. The van der Waals surface area contributed by atoms with E-state index in [-0.39, 0.29) is 39.9 Å². The highest BCUT2D eigenvalue weighted by molar-refractivity contribution is 6.53. The maximum absolute atomic E-state index is 13.2. The van der Waals surface area contributed by atoms with Crippen molar-refractivity contribution in [1.29, 1.82) is 0 Å². The minimum atomic E-state index is -0.786. The Morgan fingerprint density at radius 3 is 2.37 bits per heavy atom. The van der Waals surface area contributed by atoms with Gasteiger partial charge in [-0.2, -0.15) is 0 Å².